The van der Waals surface area contributed by atoms with Gasteiger partial charge in [0.05, 0.1) is 18.1 Å². The van der Waals surface area contributed by atoms with Gasteiger partial charge >= 0.3 is 5.97 Å². The van der Waals surface area contributed by atoms with Crippen molar-refractivity contribution in [1.29, 1.82) is 0 Å². The number of carbonyl (C=O) groups is 2. The van der Waals surface area contributed by atoms with Crippen molar-refractivity contribution in [3.05, 3.63) is 95.8 Å². The summed E-state index contributed by atoms with van der Waals surface area (Å²) in [6, 6.07) is 22.0. The summed E-state index contributed by atoms with van der Waals surface area (Å²) in [5, 5.41) is 2.94. The molecule has 0 saturated carbocycles. The second-order valence-corrected chi connectivity index (χ2v) is 6.28. The fraction of sp³-hybridized carbons (Fsp3) is 0.174. The molecule has 1 aromatic heterocycles. The first-order valence-electron chi connectivity index (χ1n) is 9.20. The maximum Gasteiger partial charge on any atom is 0.338 e. The Labute approximate surface area is 164 Å². The third kappa shape index (κ3) is 5.04. The van der Waals surface area contributed by atoms with E-state index in [0.717, 1.165) is 11.3 Å². The first-order valence-corrected chi connectivity index (χ1v) is 9.20. The average molecular weight is 374 g/mol. The molecule has 0 saturated heterocycles. The van der Waals surface area contributed by atoms with Crippen molar-refractivity contribution < 1.29 is 14.3 Å². The third-order valence-corrected chi connectivity index (χ3v) is 4.32. The van der Waals surface area contributed by atoms with Gasteiger partial charge in [-0.05, 0) is 48.9 Å². The van der Waals surface area contributed by atoms with Gasteiger partial charge in [0.1, 0.15) is 0 Å². The number of rotatable bonds is 7. The molecule has 28 heavy (non-hydrogen) atoms. The number of carbonyl (C=O) groups excluding carboxylic acids is 2. The topological polar surface area (TPSA) is 68.3 Å². The molecule has 0 aliphatic rings. The molecule has 0 bridgehead atoms. The van der Waals surface area contributed by atoms with Gasteiger partial charge in [0.2, 0.25) is 5.91 Å². The number of ether oxygens (including phenoxy) is 1. The van der Waals surface area contributed by atoms with E-state index in [1.54, 1.807) is 37.4 Å². The van der Waals surface area contributed by atoms with E-state index in [1.807, 2.05) is 48.5 Å². The second kappa shape index (κ2) is 9.46. The summed E-state index contributed by atoms with van der Waals surface area (Å²) in [6.07, 6.45) is 2.22. The molecule has 1 heterocycles. The molecule has 1 amide bonds. The first-order chi connectivity index (χ1) is 13.7. The monoisotopic (exact) mass is 374 g/mol. The van der Waals surface area contributed by atoms with Gasteiger partial charge in [-0.3, -0.25) is 9.78 Å². The minimum atomic E-state index is -0.377. The quantitative estimate of drug-likeness (QED) is 0.629. The molecule has 1 unspecified atom stereocenters. The van der Waals surface area contributed by atoms with E-state index in [9.17, 15) is 9.59 Å². The van der Waals surface area contributed by atoms with Crippen LogP contribution < -0.4 is 5.32 Å². The standard InChI is InChI=1S/C23H22N2O3/c1-2-28-23(27)18-11-13-19(14-12-18)25-22(26)21(17-8-4-3-5-9-17)16-20-10-6-7-15-24-20/h3-15,21H,2,16H2,1H3,(H,25,26). The summed E-state index contributed by atoms with van der Waals surface area (Å²) in [5.74, 6) is -0.876. The molecule has 142 valence electrons. The molecule has 3 rings (SSSR count). The van der Waals surface area contributed by atoms with Crippen LogP contribution in [0.1, 0.15) is 34.5 Å². The zero-order valence-corrected chi connectivity index (χ0v) is 15.7. The highest BCUT2D eigenvalue weighted by atomic mass is 16.5. The fourth-order valence-electron chi connectivity index (χ4n) is 2.91. The maximum absolute atomic E-state index is 13.0. The molecule has 5 heteroatoms. The maximum atomic E-state index is 13.0. The summed E-state index contributed by atoms with van der Waals surface area (Å²) in [5.41, 5.74) is 2.85. The Bertz CT molecular complexity index is 910. The summed E-state index contributed by atoms with van der Waals surface area (Å²) in [6.45, 7) is 2.08. The minimum absolute atomic E-state index is 0.124. The fourth-order valence-corrected chi connectivity index (χ4v) is 2.91. The van der Waals surface area contributed by atoms with E-state index < -0.39 is 0 Å². The number of anilines is 1. The molecular weight excluding hydrogens is 352 g/mol. The van der Waals surface area contributed by atoms with E-state index in [4.69, 9.17) is 4.74 Å². The van der Waals surface area contributed by atoms with Crippen LogP contribution >= 0.6 is 0 Å². The molecule has 5 nitrogen and oxygen atoms in total. The number of benzene rings is 2. The van der Waals surface area contributed by atoms with Crippen molar-refractivity contribution in [2.24, 2.45) is 0 Å². The van der Waals surface area contributed by atoms with Gasteiger partial charge in [-0.25, -0.2) is 4.79 Å². The van der Waals surface area contributed by atoms with E-state index in [0.29, 0.717) is 24.3 Å². The number of amides is 1. The van der Waals surface area contributed by atoms with Gasteiger partial charge in [-0.15, -0.1) is 0 Å². The van der Waals surface area contributed by atoms with E-state index in [1.165, 1.54) is 0 Å². The van der Waals surface area contributed by atoms with Crippen LogP contribution in [0.2, 0.25) is 0 Å². The summed E-state index contributed by atoms with van der Waals surface area (Å²) in [4.78, 5) is 29.1. The SMILES string of the molecule is CCOC(=O)c1ccc(NC(=O)C(Cc2ccccn2)c2ccccc2)cc1. The number of aromatic nitrogens is 1. The number of pyridine rings is 1. The highest BCUT2D eigenvalue weighted by molar-refractivity contribution is 5.96. The van der Waals surface area contributed by atoms with Crippen LogP contribution in [-0.2, 0) is 16.0 Å². The van der Waals surface area contributed by atoms with Crippen molar-refractivity contribution in [1.82, 2.24) is 4.98 Å². The summed E-state index contributed by atoms with van der Waals surface area (Å²) in [7, 11) is 0. The molecule has 0 radical (unpaired) electrons. The zero-order chi connectivity index (χ0) is 19.8. The van der Waals surface area contributed by atoms with Crippen molar-refractivity contribution in [3.8, 4) is 0 Å². The van der Waals surface area contributed by atoms with Crippen LogP contribution in [0.4, 0.5) is 5.69 Å². The average Bonchev–Trinajstić information content (AvgIpc) is 2.74. The van der Waals surface area contributed by atoms with Crippen LogP contribution in [0.5, 0.6) is 0 Å². The number of hydrogen-bond acceptors (Lipinski definition) is 4. The lowest BCUT2D eigenvalue weighted by atomic mass is 9.93. The Kier molecular flexibility index (Phi) is 6.52. The second-order valence-electron chi connectivity index (χ2n) is 6.28. The normalized spacial score (nSPS) is 11.5. The van der Waals surface area contributed by atoms with Crippen molar-refractivity contribution in [2.75, 3.05) is 11.9 Å². The Hall–Kier alpha value is -3.47. The van der Waals surface area contributed by atoms with Gasteiger partial charge in [-0.1, -0.05) is 36.4 Å². The summed E-state index contributed by atoms with van der Waals surface area (Å²) < 4.78 is 4.98. The molecule has 3 aromatic rings. The smallest absolute Gasteiger partial charge is 0.338 e. The first kappa shape index (κ1) is 19.3. The van der Waals surface area contributed by atoms with Crippen molar-refractivity contribution in [2.45, 2.75) is 19.3 Å². The Morgan fingerprint density at radius 2 is 1.68 bits per heavy atom. The van der Waals surface area contributed by atoms with E-state index in [-0.39, 0.29) is 17.8 Å². The van der Waals surface area contributed by atoms with Crippen molar-refractivity contribution in [3.63, 3.8) is 0 Å². The lowest BCUT2D eigenvalue weighted by Crippen LogP contribution is -2.23. The number of nitrogens with one attached hydrogen (secondary N) is 1. The van der Waals surface area contributed by atoms with Gasteiger partial charge in [-0.2, -0.15) is 0 Å². The Morgan fingerprint density at radius 3 is 2.32 bits per heavy atom. The number of nitrogens with zero attached hydrogens (tertiary/aromatic N) is 1. The lowest BCUT2D eigenvalue weighted by Gasteiger charge is -2.17. The highest BCUT2D eigenvalue weighted by Crippen LogP contribution is 2.22. The Morgan fingerprint density at radius 1 is 0.964 bits per heavy atom. The molecule has 0 spiro atoms. The molecular formula is C23H22N2O3. The van der Waals surface area contributed by atoms with Gasteiger partial charge in [0, 0.05) is 24.0 Å². The number of esters is 1. The molecule has 0 aliphatic heterocycles. The third-order valence-electron chi connectivity index (χ3n) is 4.32. The largest absolute Gasteiger partial charge is 0.462 e. The minimum Gasteiger partial charge on any atom is -0.462 e. The molecule has 1 N–H and O–H groups in total. The van der Waals surface area contributed by atoms with Crippen LogP contribution in [0, 0.1) is 0 Å². The predicted octanol–water partition coefficient (Wildman–Crippen LogP) is 4.22. The lowest BCUT2D eigenvalue weighted by molar-refractivity contribution is -0.117. The molecule has 1 atom stereocenters. The molecule has 0 fully saturated rings. The molecule has 2 aromatic carbocycles. The van der Waals surface area contributed by atoms with Crippen LogP contribution in [0.3, 0.4) is 0 Å². The Balaban J connectivity index is 1.77. The molecule has 0 aliphatic carbocycles. The highest BCUT2D eigenvalue weighted by Gasteiger charge is 2.22. The van der Waals surface area contributed by atoms with E-state index >= 15 is 0 Å². The van der Waals surface area contributed by atoms with Crippen LogP contribution in [0.25, 0.3) is 0 Å². The predicted molar refractivity (Wildman–Crippen MR) is 108 cm³/mol. The van der Waals surface area contributed by atoms with Crippen LogP contribution in [0.15, 0.2) is 79.0 Å². The van der Waals surface area contributed by atoms with Gasteiger partial charge < -0.3 is 10.1 Å². The van der Waals surface area contributed by atoms with Gasteiger partial charge in [0.15, 0.2) is 0 Å². The van der Waals surface area contributed by atoms with Crippen molar-refractivity contribution >= 4 is 17.6 Å². The van der Waals surface area contributed by atoms with E-state index in [2.05, 4.69) is 10.3 Å². The van der Waals surface area contributed by atoms with Crippen LogP contribution in [-0.4, -0.2) is 23.5 Å². The number of hydrogen-bond donors (Lipinski definition) is 1. The zero-order valence-electron chi connectivity index (χ0n) is 15.7. The summed E-state index contributed by atoms with van der Waals surface area (Å²) >= 11 is 0. The van der Waals surface area contributed by atoms with Gasteiger partial charge in [0.25, 0.3) is 0 Å².